The number of carbonyl (C=O) groups excluding carboxylic acids is 1. The van der Waals surface area contributed by atoms with Gasteiger partial charge in [0.1, 0.15) is 24.0 Å². The average Bonchev–Trinajstić information content (AvgIpc) is 3.48. The lowest BCUT2D eigenvalue weighted by molar-refractivity contribution is 0.0689. The maximum absolute atomic E-state index is 13.5. The number of hydrogen-bond acceptors (Lipinski definition) is 9. The number of fused-ring (bicyclic) bond motifs is 1. The van der Waals surface area contributed by atoms with Gasteiger partial charge in [0.25, 0.3) is 0 Å². The van der Waals surface area contributed by atoms with Gasteiger partial charge in [-0.3, -0.25) is 8.98 Å². The van der Waals surface area contributed by atoms with Crippen LogP contribution in [0.25, 0.3) is 0 Å². The van der Waals surface area contributed by atoms with Crippen LogP contribution in [0.2, 0.25) is 0 Å². The van der Waals surface area contributed by atoms with Gasteiger partial charge < -0.3 is 14.5 Å². The van der Waals surface area contributed by atoms with Crippen molar-refractivity contribution in [1.82, 2.24) is 9.97 Å². The number of nitrogens with two attached hydrogens (primary N) is 1. The summed E-state index contributed by atoms with van der Waals surface area (Å²) in [6.45, 7) is 2.46. The number of benzene rings is 1. The van der Waals surface area contributed by atoms with E-state index < -0.39 is 10.3 Å². The van der Waals surface area contributed by atoms with Gasteiger partial charge in [-0.1, -0.05) is 24.3 Å². The summed E-state index contributed by atoms with van der Waals surface area (Å²) in [5, 5.41) is 8.24. The van der Waals surface area contributed by atoms with Crippen LogP contribution >= 0.6 is 0 Å². The highest BCUT2D eigenvalue weighted by Crippen LogP contribution is 2.36. The van der Waals surface area contributed by atoms with E-state index in [-0.39, 0.29) is 36.2 Å². The fourth-order valence-corrected chi connectivity index (χ4v) is 5.39. The number of hydrogen-bond donors (Lipinski definition) is 2. The zero-order valence-electron chi connectivity index (χ0n) is 19.8. The van der Waals surface area contributed by atoms with Crippen molar-refractivity contribution in [3.63, 3.8) is 0 Å². The monoisotopic (exact) mass is 512 g/mol. The van der Waals surface area contributed by atoms with E-state index in [1.165, 1.54) is 18.1 Å². The molecule has 2 aliphatic rings. The Morgan fingerprint density at radius 2 is 2.08 bits per heavy atom. The molecule has 0 amide bonds. The second-order valence-electron chi connectivity index (χ2n) is 9.23. The summed E-state index contributed by atoms with van der Waals surface area (Å²) in [7, 11) is -3.97. The van der Waals surface area contributed by atoms with Crippen molar-refractivity contribution in [3.8, 4) is 0 Å². The molecule has 3 aromatic rings. The lowest BCUT2D eigenvalue weighted by atomic mass is 9.93. The van der Waals surface area contributed by atoms with Crippen LogP contribution in [0.15, 0.2) is 47.3 Å². The van der Waals surface area contributed by atoms with Crippen molar-refractivity contribution in [1.29, 1.82) is 0 Å². The Hall–Kier alpha value is -3.12. The molecule has 3 atom stereocenters. The topological polar surface area (TPSA) is 147 Å². The summed E-state index contributed by atoms with van der Waals surface area (Å²) in [6.07, 6.45) is 5.61. The summed E-state index contributed by atoms with van der Waals surface area (Å²) < 4.78 is 38.9. The molecule has 10 nitrogen and oxygen atoms in total. The molecular weight excluding hydrogens is 484 g/mol. The van der Waals surface area contributed by atoms with Gasteiger partial charge in [-0.05, 0) is 55.7 Å². The number of carbonyl (C=O) groups is 1. The second-order valence-corrected chi connectivity index (χ2v) is 10.5. The third kappa shape index (κ3) is 5.34. The minimum Gasteiger partial charge on any atom is -0.457 e. The number of ether oxygens (including phenoxy) is 1. The van der Waals surface area contributed by atoms with Crippen molar-refractivity contribution in [2.24, 2.45) is 11.1 Å². The highest BCUT2D eigenvalue weighted by atomic mass is 32.2. The summed E-state index contributed by atoms with van der Waals surface area (Å²) in [5.74, 6) is 0.930. The number of rotatable bonds is 8. The molecule has 1 aromatic carbocycles. The number of nitrogens with one attached hydrogen (secondary N) is 1. The van der Waals surface area contributed by atoms with E-state index in [9.17, 15) is 13.2 Å². The Morgan fingerprint density at radius 1 is 1.25 bits per heavy atom. The molecule has 5 rings (SSSR count). The van der Waals surface area contributed by atoms with Crippen molar-refractivity contribution in [2.75, 3.05) is 18.5 Å². The molecule has 0 radical (unpaired) electrons. The standard InChI is InChI=1S/C25H28N4O6S/c1-15-20(24-19-5-3-2-4-17(19)8-9-33-24)11-22(35-15)23(30)21-12-27-14-28-25(21)29-18-7-6-16(10-18)13-34-36(26,31)32/h2-5,11-12,14,16,18,24H,6-10,13H2,1H3,(H2,26,31,32)(H,27,28,29)/t16-,18+,24?/m1/s1. The lowest BCUT2D eigenvalue weighted by Gasteiger charge is -2.25. The fourth-order valence-electron chi connectivity index (χ4n) is 5.01. The molecule has 3 N–H and O–H groups in total. The lowest BCUT2D eigenvalue weighted by Crippen LogP contribution is -2.22. The summed E-state index contributed by atoms with van der Waals surface area (Å²) >= 11 is 0. The van der Waals surface area contributed by atoms with E-state index in [4.69, 9.17) is 18.5 Å². The number of ketones is 1. The van der Waals surface area contributed by atoms with Crippen LogP contribution in [-0.4, -0.2) is 43.4 Å². The minimum absolute atomic E-state index is 0.00145. The fraction of sp³-hybridized carbons (Fsp3) is 0.400. The van der Waals surface area contributed by atoms with Crippen molar-refractivity contribution >= 4 is 21.9 Å². The highest BCUT2D eigenvalue weighted by molar-refractivity contribution is 7.84. The van der Waals surface area contributed by atoms with Gasteiger partial charge in [0.05, 0.1) is 18.8 Å². The molecule has 36 heavy (non-hydrogen) atoms. The Balaban J connectivity index is 1.33. The van der Waals surface area contributed by atoms with Gasteiger partial charge in [-0.25, -0.2) is 15.1 Å². The summed E-state index contributed by atoms with van der Waals surface area (Å²) in [4.78, 5) is 21.8. The molecule has 190 valence electrons. The maximum atomic E-state index is 13.5. The van der Waals surface area contributed by atoms with Gasteiger partial charge in [-0.2, -0.15) is 8.42 Å². The van der Waals surface area contributed by atoms with Crippen molar-refractivity contribution in [2.45, 2.75) is 44.8 Å². The number of aromatic nitrogens is 2. The van der Waals surface area contributed by atoms with Gasteiger partial charge in [0, 0.05) is 17.8 Å². The van der Waals surface area contributed by atoms with E-state index in [0.717, 1.165) is 30.4 Å². The first kappa shape index (κ1) is 24.6. The molecule has 3 heterocycles. The van der Waals surface area contributed by atoms with Crippen LogP contribution in [0.3, 0.4) is 0 Å². The van der Waals surface area contributed by atoms with Crippen molar-refractivity contribution in [3.05, 3.63) is 76.6 Å². The minimum atomic E-state index is -3.97. The molecule has 1 saturated carbocycles. The van der Waals surface area contributed by atoms with Gasteiger partial charge >= 0.3 is 10.3 Å². The van der Waals surface area contributed by atoms with E-state index >= 15 is 0 Å². The largest absolute Gasteiger partial charge is 0.457 e. The van der Waals surface area contributed by atoms with Crippen LogP contribution in [-0.2, 0) is 25.6 Å². The van der Waals surface area contributed by atoms with Crippen LogP contribution in [0.1, 0.15) is 63.9 Å². The predicted molar refractivity (Wildman–Crippen MR) is 131 cm³/mol. The molecule has 1 aliphatic heterocycles. The van der Waals surface area contributed by atoms with E-state index in [0.29, 0.717) is 30.2 Å². The SMILES string of the molecule is Cc1oc(C(=O)c2cncnc2N[C@H]2CC[C@@H](COS(N)(=O)=O)C2)cc1C1OCCc2ccccc21. The van der Waals surface area contributed by atoms with Crippen molar-refractivity contribution < 1.29 is 26.5 Å². The van der Waals surface area contributed by atoms with Gasteiger partial charge in [-0.15, -0.1) is 0 Å². The Labute approximate surface area is 209 Å². The van der Waals surface area contributed by atoms with Crippen LogP contribution in [0.4, 0.5) is 5.82 Å². The molecule has 1 fully saturated rings. The molecular formula is C25H28N4O6S. The molecule has 11 heteroatoms. The highest BCUT2D eigenvalue weighted by Gasteiger charge is 2.30. The molecule has 2 aromatic heterocycles. The number of anilines is 1. The number of furan rings is 1. The smallest absolute Gasteiger partial charge is 0.333 e. The molecule has 1 aliphatic carbocycles. The van der Waals surface area contributed by atoms with E-state index in [1.807, 2.05) is 25.1 Å². The Bertz CT molecular complexity index is 1370. The maximum Gasteiger partial charge on any atom is 0.333 e. The van der Waals surface area contributed by atoms with Crippen LogP contribution in [0, 0.1) is 12.8 Å². The van der Waals surface area contributed by atoms with Gasteiger partial charge in [0.2, 0.25) is 5.78 Å². The first-order valence-electron chi connectivity index (χ1n) is 11.9. The number of nitrogens with zero attached hydrogens (tertiary/aromatic N) is 2. The van der Waals surface area contributed by atoms with E-state index in [2.05, 4.69) is 21.4 Å². The Kier molecular flexibility index (Phi) is 6.89. The quantitative estimate of drug-likeness (QED) is 0.435. The third-order valence-corrected chi connectivity index (χ3v) is 7.23. The zero-order valence-corrected chi connectivity index (χ0v) is 20.7. The third-order valence-electron chi connectivity index (χ3n) is 6.76. The molecule has 0 bridgehead atoms. The molecule has 1 unspecified atom stereocenters. The van der Waals surface area contributed by atoms with Crippen LogP contribution < -0.4 is 10.5 Å². The van der Waals surface area contributed by atoms with Crippen LogP contribution in [0.5, 0.6) is 0 Å². The second kappa shape index (κ2) is 10.1. The summed E-state index contributed by atoms with van der Waals surface area (Å²) in [5.41, 5.74) is 3.44. The molecule has 0 saturated heterocycles. The Morgan fingerprint density at radius 3 is 2.92 bits per heavy atom. The normalized spacial score (nSPS) is 21.8. The average molecular weight is 513 g/mol. The van der Waals surface area contributed by atoms with E-state index in [1.54, 1.807) is 6.07 Å². The predicted octanol–water partition coefficient (Wildman–Crippen LogP) is 3.07. The molecule has 0 spiro atoms. The zero-order chi connectivity index (χ0) is 25.3. The van der Waals surface area contributed by atoms with Gasteiger partial charge in [0.15, 0.2) is 5.76 Å². The number of aryl methyl sites for hydroxylation is 1. The summed E-state index contributed by atoms with van der Waals surface area (Å²) in [6, 6.07) is 9.89. The first-order chi connectivity index (χ1) is 17.3. The first-order valence-corrected chi connectivity index (χ1v) is 13.3.